The van der Waals surface area contributed by atoms with Crippen LogP contribution in [0.5, 0.6) is 5.88 Å². The lowest BCUT2D eigenvalue weighted by atomic mass is 9.65. The fourth-order valence-electron chi connectivity index (χ4n) is 4.75. The Morgan fingerprint density at radius 1 is 1.19 bits per heavy atom. The molecule has 0 spiro atoms. The zero-order valence-corrected chi connectivity index (χ0v) is 15.6. The third-order valence-electron chi connectivity index (χ3n) is 6.11. The van der Waals surface area contributed by atoms with Gasteiger partial charge in [-0.15, -0.1) is 0 Å². The van der Waals surface area contributed by atoms with Gasteiger partial charge >= 0.3 is 5.69 Å². The van der Waals surface area contributed by atoms with Crippen LogP contribution in [-0.2, 0) is 6.54 Å². The summed E-state index contributed by atoms with van der Waals surface area (Å²) >= 11 is 0. The van der Waals surface area contributed by atoms with E-state index in [1.807, 2.05) is 30.3 Å². The maximum Gasteiger partial charge on any atom is 0.331 e. The maximum atomic E-state index is 13.3. The Morgan fingerprint density at radius 3 is 2.65 bits per heavy atom. The van der Waals surface area contributed by atoms with E-state index < -0.39 is 5.69 Å². The fraction of sp³-hybridized carbons (Fsp3) is 0.524. The fourth-order valence-corrected chi connectivity index (χ4v) is 4.75. The zero-order chi connectivity index (χ0) is 18.5. The van der Waals surface area contributed by atoms with Crippen LogP contribution in [0.3, 0.4) is 0 Å². The van der Waals surface area contributed by atoms with Crippen molar-refractivity contribution in [1.82, 2.24) is 9.55 Å². The van der Waals surface area contributed by atoms with Crippen molar-refractivity contribution in [2.45, 2.75) is 58.1 Å². The molecule has 3 atom stereocenters. The van der Waals surface area contributed by atoms with Crippen LogP contribution in [0, 0.1) is 11.8 Å². The molecule has 2 aliphatic rings. The van der Waals surface area contributed by atoms with E-state index in [1.165, 1.54) is 4.57 Å². The van der Waals surface area contributed by atoms with Crippen LogP contribution in [-0.4, -0.2) is 15.2 Å². The van der Waals surface area contributed by atoms with Crippen LogP contribution < -0.4 is 16.0 Å². The molecule has 1 aromatic carbocycles. The second kappa shape index (κ2) is 6.15. The lowest BCUT2D eigenvalue weighted by Crippen LogP contribution is -2.51. The summed E-state index contributed by atoms with van der Waals surface area (Å²) in [4.78, 5) is 28.7. The smallest absolute Gasteiger partial charge is 0.331 e. The Balaban J connectivity index is 1.84. The van der Waals surface area contributed by atoms with E-state index in [0.717, 1.165) is 24.8 Å². The number of H-pyrrole nitrogens is 1. The molecule has 0 saturated heterocycles. The van der Waals surface area contributed by atoms with E-state index in [9.17, 15) is 9.59 Å². The van der Waals surface area contributed by atoms with E-state index >= 15 is 0 Å². The van der Waals surface area contributed by atoms with E-state index in [-0.39, 0.29) is 23.6 Å². The van der Waals surface area contributed by atoms with Crippen molar-refractivity contribution < 1.29 is 4.74 Å². The minimum Gasteiger partial charge on any atom is -0.472 e. The van der Waals surface area contributed by atoms with Crippen LogP contribution in [0.1, 0.15) is 57.1 Å². The molecule has 1 fully saturated rings. The number of ether oxygens (including phenoxy) is 1. The normalized spacial score (nSPS) is 26.5. The second-order valence-electron chi connectivity index (χ2n) is 8.39. The van der Waals surface area contributed by atoms with Crippen molar-refractivity contribution in [3.8, 4) is 5.88 Å². The van der Waals surface area contributed by atoms with Gasteiger partial charge in [0.25, 0.3) is 5.56 Å². The molecule has 1 aliphatic heterocycles. The Kier molecular flexibility index (Phi) is 4.05. The molecular weight excluding hydrogens is 328 g/mol. The van der Waals surface area contributed by atoms with Gasteiger partial charge in [-0.2, -0.15) is 0 Å². The van der Waals surface area contributed by atoms with Crippen LogP contribution >= 0.6 is 0 Å². The predicted octanol–water partition coefficient (Wildman–Crippen LogP) is 3.28. The zero-order valence-electron chi connectivity index (χ0n) is 15.6. The van der Waals surface area contributed by atoms with Gasteiger partial charge in [-0.3, -0.25) is 14.3 Å². The quantitative estimate of drug-likeness (QED) is 0.900. The van der Waals surface area contributed by atoms with Gasteiger partial charge in [-0.05, 0) is 38.2 Å². The van der Waals surface area contributed by atoms with Crippen molar-refractivity contribution >= 4 is 0 Å². The topological polar surface area (TPSA) is 64.1 Å². The molecule has 0 amide bonds. The number of hydrogen-bond acceptors (Lipinski definition) is 3. The summed E-state index contributed by atoms with van der Waals surface area (Å²) in [7, 11) is 0. The summed E-state index contributed by atoms with van der Waals surface area (Å²) in [6.07, 6.45) is 3.18. The largest absolute Gasteiger partial charge is 0.472 e. The summed E-state index contributed by atoms with van der Waals surface area (Å²) in [5, 5.41) is 0. The van der Waals surface area contributed by atoms with Gasteiger partial charge in [-0.25, -0.2) is 4.79 Å². The number of benzene rings is 1. The molecule has 4 rings (SSSR count). The lowest BCUT2D eigenvalue weighted by molar-refractivity contribution is -0.0191. The molecule has 2 heterocycles. The van der Waals surface area contributed by atoms with E-state index in [1.54, 1.807) is 0 Å². The number of nitrogens with zero attached hydrogens (tertiary/aromatic N) is 1. The van der Waals surface area contributed by atoms with Crippen LogP contribution in [0.4, 0.5) is 0 Å². The Bertz CT molecular complexity index is 927. The minimum atomic E-state index is -0.407. The average Bonchev–Trinajstić information content (AvgIpc) is 2.58. The predicted molar refractivity (Wildman–Crippen MR) is 101 cm³/mol. The number of fused-ring (bicyclic) bond motifs is 3. The van der Waals surface area contributed by atoms with Crippen LogP contribution in [0.15, 0.2) is 39.9 Å². The molecule has 1 N–H and O–H groups in total. The molecule has 5 nitrogen and oxygen atoms in total. The molecule has 0 unspecified atom stereocenters. The summed E-state index contributed by atoms with van der Waals surface area (Å²) < 4.78 is 7.43. The molecule has 1 saturated carbocycles. The van der Waals surface area contributed by atoms with Gasteiger partial charge in [-0.1, -0.05) is 43.7 Å². The Morgan fingerprint density at radius 2 is 1.92 bits per heavy atom. The SMILES string of the molecule is C[C@@H]1CC[C@H]2[C@H](C1)c1c([nH]c(=O)n(Cc3ccccc3)c1=O)OC2(C)C. The number of rotatable bonds is 2. The highest BCUT2D eigenvalue weighted by molar-refractivity contribution is 5.33. The van der Waals surface area contributed by atoms with Gasteiger partial charge in [0.1, 0.15) is 5.60 Å². The molecule has 1 aromatic heterocycles. The lowest BCUT2D eigenvalue weighted by Gasteiger charge is -2.47. The van der Waals surface area contributed by atoms with Crippen molar-refractivity contribution in [1.29, 1.82) is 0 Å². The van der Waals surface area contributed by atoms with Crippen LogP contribution in [0.2, 0.25) is 0 Å². The summed E-state index contributed by atoms with van der Waals surface area (Å²) in [6, 6.07) is 9.61. The van der Waals surface area contributed by atoms with E-state index in [2.05, 4.69) is 25.8 Å². The molecule has 26 heavy (non-hydrogen) atoms. The number of aromatic amines is 1. The third kappa shape index (κ3) is 2.79. The Hall–Kier alpha value is -2.30. The summed E-state index contributed by atoms with van der Waals surface area (Å²) in [5.74, 6) is 1.40. The van der Waals surface area contributed by atoms with Gasteiger partial charge in [0.2, 0.25) is 5.88 Å². The first-order chi connectivity index (χ1) is 12.4. The van der Waals surface area contributed by atoms with Gasteiger partial charge in [0.05, 0.1) is 12.1 Å². The standard InChI is InChI=1S/C21H26N2O3/c1-13-9-10-16-15(11-13)17-18(26-21(16,2)3)22-20(25)23(19(17)24)12-14-7-5-4-6-8-14/h4-8,13,15-16H,9-12H2,1-3H3,(H,22,25)/t13-,15+,16+/m1/s1. The minimum absolute atomic E-state index is 0.142. The van der Waals surface area contributed by atoms with Crippen molar-refractivity contribution in [3.63, 3.8) is 0 Å². The highest BCUT2D eigenvalue weighted by Crippen LogP contribution is 2.50. The summed E-state index contributed by atoms with van der Waals surface area (Å²) in [6.45, 7) is 6.65. The first-order valence-corrected chi connectivity index (χ1v) is 9.47. The first kappa shape index (κ1) is 17.1. The average molecular weight is 354 g/mol. The third-order valence-corrected chi connectivity index (χ3v) is 6.11. The highest BCUT2D eigenvalue weighted by Gasteiger charge is 2.47. The molecule has 0 radical (unpaired) electrons. The molecule has 138 valence electrons. The van der Waals surface area contributed by atoms with Gasteiger partial charge in [0, 0.05) is 11.8 Å². The van der Waals surface area contributed by atoms with E-state index in [0.29, 0.717) is 23.3 Å². The van der Waals surface area contributed by atoms with Gasteiger partial charge in [0.15, 0.2) is 0 Å². The Labute approximate surface area is 153 Å². The molecule has 2 aromatic rings. The summed E-state index contributed by atoms with van der Waals surface area (Å²) in [5.41, 5.74) is 0.615. The highest BCUT2D eigenvalue weighted by atomic mass is 16.5. The van der Waals surface area contributed by atoms with Crippen molar-refractivity contribution in [2.75, 3.05) is 0 Å². The molecular formula is C21H26N2O3. The van der Waals surface area contributed by atoms with Gasteiger partial charge < -0.3 is 4.74 Å². The van der Waals surface area contributed by atoms with Crippen molar-refractivity contribution in [2.24, 2.45) is 11.8 Å². The number of nitrogens with one attached hydrogen (secondary N) is 1. The maximum absolute atomic E-state index is 13.3. The van der Waals surface area contributed by atoms with Crippen molar-refractivity contribution in [3.05, 3.63) is 62.3 Å². The van der Waals surface area contributed by atoms with E-state index in [4.69, 9.17) is 4.74 Å². The van der Waals surface area contributed by atoms with Crippen LogP contribution in [0.25, 0.3) is 0 Å². The number of hydrogen-bond donors (Lipinski definition) is 1. The monoisotopic (exact) mass is 354 g/mol. The second-order valence-corrected chi connectivity index (χ2v) is 8.39. The first-order valence-electron chi connectivity index (χ1n) is 9.47. The molecule has 1 aliphatic carbocycles. The number of aromatic nitrogens is 2. The molecule has 5 heteroatoms. The molecule has 0 bridgehead atoms.